The number of methoxy groups -OCH3 is 1. The monoisotopic (exact) mass is 408 g/mol. The van der Waals surface area contributed by atoms with E-state index in [0.717, 1.165) is 11.3 Å². The first-order valence-electron chi connectivity index (χ1n) is 8.38. The standard InChI is InChI=1S/C19H20N4O3S.Na.H/c1-4-5-6-11-26-17-8-7-14-18(22-17)23-19(21-14)27(24)12-15-13(2)16(25-3)9-10-20-15;;/h7-10H,6,11-12H2,1-3H3,(H,21,22,23);;. The van der Waals surface area contributed by atoms with Crippen molar-refractivity contribution < 1.29 is 14.0 Å². The zero-order valence-corrected chi connectivity index (χ0v) is 16.2. The number of rotatable bonds is 7. The number of aromatic nitrogens is 4. The van der Waals surface area contributed by atoms with Gasteiger partial charge in [-0.1, -0.05) is 0 Å². The van der Waals surface area contributed by atoms with Gasteiger partial charge < -0.3 is 14.0 Å². The van der Waals surface area contributed by atoms with Crippen molar-refractivity contribution in [2.45, 2.75) is 31.2 Å². The summed E-state index contributed by atoms with van der Waals surface area (Å²) < 4.78 is 23.6. The van der Waals surface area contributed by atoms with Crippen molar-refractivity contribution in [3.05, 3.63) is 35.7 Å². The maximum absolute atomic E-state index is 12.7. The second-order valence-electron chi connectivity index (χ2n) is 5.66. The summed E-state index contributed by atoms with van der Waals surface area (Å²) in [6.45, 7) is 4.15. The molecule has 7 nitrogen and oxygen atoms in total. The SMILES string of the molecule is CC#CCCOc1ccc2nc([S+]([O-])Cc3nccc(OC)c3C)[nH]c2n1.[NaH]. The number of aromatic amines is 1. The number of nitrogens with one attached hydrogen (secondary N) is 1. The fourth-order valence-corrected chi connectivity index (χ4v) is 3.58. The molecule has 1 atom stereocenters. The zero-order chi connectivity index (χ0) is 19.2. The maximum atomic E-state index is 12.7. The number of imidazole rings is 1. The van der Waals surface area contributed by atoms with E-state index in [1.165, 1.54) is 0 Å². The van der Waals surface area contributed by atoms with Gasteiger partial charge in [0.2, 0.25) is 5.88 Å². The van der Waals surface area contributed by atoms with Crippen LogP contribution in [0.1, 0.15) is 24.6 Å². The molecule has 1 N–H and O–H groups in total. The van der Waals surface area contributed by atoms with Crippen LogP contribution in [0.4, 0.5) is 0 Å². The van der Waals surface area contributed by atoms with Crippen LogP contribution in [0.2, 0.25) is 0 Å². The minimum absolute atomic E-state index is 0. The molecule has 0 amide bonds. The Morgan fingerprint density at radius 1 is 1.25 bits per heavy atom. The summed E-state index contributed by atoms with van der Waals surface area (Å²) >= 11 is -1.39. The van der Waals surface area contributed by atoms with Crippen LogP contribution in [0.25, 0.3) is 11.2 Å². The summed E-state index contributed by atoms with van der Waals surface area (Å²) in [5, 5.41) is 0.357. The topological polar surface area (TPSA) is 96.0 Å². The number of ether oxygens (including phenoxy) is 2. The summed E-state index contributed by atoms with van der Waals surface area (Å²) in [4.78, 5) is 16.1. The number of hydrogen-bond donors (Lipinski definition) is 1. The molecule has 0 saturated carbocycles. The Morgan fingerprint density at radius 3 is 2.82 bits per heavy atom. The van der Waals surface area contributed by atoms with Gasteiger partial charge in [0.15, 0.2) is 11.4 Å². The Bertz CT molecular complexity index is 1000. The summed E-state index contributed by atoms with van der Waals surface area (Å²) in [6.07, 6.45) is 2.28. The predicted molar refractivity (Wildman–Crippen MR) is 110 cm³/mol. The Kier molecular flexibility index (Phi) is 8.60. The van der Waals surface area contributed by atoms with E-state index in [0.29, 0.717) is 40.9 Å². The van der Waals surface area contributed by atoms with E-state index in [1.807, 2.05) is 6.92 Å². The molecule has 0 bridgehead atoms. The number of H-pyrrole nitrogens is 1. The van der Waals surface area contributed by atoms with Crippen LogP contribution in [0.3, 0.4) is 0 Å². The molecule has 9 heteroatoms. The Hall–Kier alpha value is -1.76. The molecular formula is C19H21N4NaO3S. The Labute approximate surface area is 189 Å². The first-order valence-corrected chi connectivity index (χ1v) is 9.70. The van der Waals surface area contributed by atoms with E-state index in [4.69, 9.17) is 9.47 Å². The van der Waals surface area contributed by atoms with Crippen molar-refractivity contribution in [3.63, 3.8) is 0 Å². The minimum atomic E-state index is -1.39. The molecule has 0 aliphatic carbocycles. The van der Waals surface area contributed by atoms with Crippen molar-refractivity contribution in [2.75, 3.05) is 13.7 Å². The zero-order valence-electron chi connectivity index (χ0n) is 15.4. The van der Waals surface area contributed by atoms with Crippen LogP contribution in [0, 0.1) is 18.8 Å². The fraction of sp³-hybridized carbons (Fsp3) is 0.316. The molecular weight excluding hydrogens is 387 g/mol. The van der Waals surface area contributed by atoms with E-state index in [2.05, 4.69) is 31.8 Å². The van der Waals surface area contributed by atoms with Crippen LogP contribution in [-0.4, -0.2) is 67.8 Å². The van der Waals surface area contributed by atoms with E-state index >= 15 is 0 Å². The van der Waals surface area contributed by atoms with Crippen molar-refractivity contribution in [1.82, 2.24) is 19.9 Å². The van der Waals surface area contributed by atoms with E-state index in [1.54, 1.807) is 38.4 Å². The van der Waals surface area contributed by atoms with Gasteiger partial charge in [-0.25, -0.2) is 0 Å². The molecule has 1 unspecified atom stereocenters. The van der Waals surface area contributed by atoms with Crippen molar-refractivity contribution >= 4 is 51.9 Å². The summed E-state index contributed by atoms with van der Waals surface area (Å²) in [5.74, 6) is 7.19. The van der Waals surface area contributed by atoms with Gasteiger partial charge in [0.05, 0.1) is 12.8 Å². The van der Waals surface area contributed by atoms with Crippen molar-refractivity contribution in [1.29, 1.82) is 0 Å². The molecule has 142 valence electrons. The number of pyridine rings is 2. The molecule has 28 heavy (non-hydrogen) atoms. The molecule has 0 aliphatic rings. The average Bonchev–Trinajstić information content (AvgIpc) is 3.10. The Morgan fingerprint density at radius 2 is 2.07 bits per heavy atom. The summed E-state index contributed by atoms with van der Waals surface area (Å²) in [5.41, 5.74) is 2.75. The molecule has 0 radical (unpaired) electrons. The van der Waals surface area contributed by atoms with Gasteiger partial charge in [-0.15, -0.1) is 11.8 Å². The third kappa shape index (κ3) is 5.40. The quantitative estimate of drug-likeness (QED) is 0.278. The van der Waals surface area contributed by atoms with Crippen LogP contribution >= 0.6 is 0 Å². The van der Waals surface area contributed by atoms with Crippen molar-refractivity contribution in [2.24, 2.45) is 0 Å². The molecule has 3 aromatic rings. The van der Waals surface area contributed by atoms with Crippen molar-refractivity contribution in [3.8, 4) is 23.5 Å². The Balaban J connectivity index is 0.00000280. The van der Waals surface area contributed by atoms with E-state index in [-0.39, 0.29) is 35.3 Å². The molecule has 3 rings (SSSR count). The second kappa shape index (κ2) is 10.7. The first kappa shape index (κ1) is 22.5. The molecule has 3 aromatic heterocycles. The van der Waals surface area contributed by atoms with E-state index in [9.17, 15) is 4.55 Å². The van der Waals surface area contributed by atoms with Gasteiger partial charge in [-0.2, -0.15) is 9.97 Å². The number of nitrogens with zero attached hydrogens (tertiary/aromatic N) is 3. The molecule has 0 fully saturated rings. The van der Waals surface area contributed by atoms with Gasteiger partial charge in [0, 0.05) is 35.4 Å². The third-order valence-electron chi connectivity index (χ3n) is 3.91. The van der Waals surface area contributed by atoms with Crippen LogP contribution in [0.15, 0.2) is 29.6 Å². The molecule has 0 aromatic carbocycles. The van der Waals surface area contributed by atoms with Gasteiger partial charge in [0.1, 0.15) is 17.9 Å². The number of fused-ring (bicyclic) bond motifs is 1. The average molecular weight is 408 g/mol. The fourth-order valence-electron chi connectivity index (χ4n) is 2.49. The van der Waals surface area contributed by atoms with Gasteiger partial charge >= 0.3 is 34.7 Å². The molecule has 0 spiro atoms. The van der Waals surface area contributed by atoms with Gasteiger partial charge in [-0.3, -0.25) is 9.97 Å². The van der Waals surface area contributed by atoms with E-state index < -0.39 is 11.2 Å². The normalized spacial score (nSPS) is 11.3. The van der Waals surface area contributed by atoms with Gasteiger partial charge in [-0.05, 0) is 26.0 Å². The first-order chi connectivity index (χ1) is 13.1. The van der Waals surface area contributed by atoms with Gasteiger partial charge in [0.25, 0.3) is 0 Å². The summed E-state index contributed by atoms with van der Waals surface area (Å²) in [6, 6.07) is 5.30. The molecule has 0 aliphatic heterocycles. The summed E-state index contributed by atoms with van der Waals surface area (Å²) in [7, 11) is 1.60. The molecule has 3 heterocycles. The third-order valence-corrected chi connectivity index (χ3v) is 5.07. The second-order valence-corrected chi connectivity index (χ2v) is 7.03. The predicted octanol–water partition coefficient (Wildman–Crippen LogP) is 2.12. The van der Waals surface area contributed by atoms with Crippen LogP contribution in [-0.2, 0) is 16.9 Å². The molecule has 0 saturated heterocycles. The van der Waals surface area contributed by atoms with Crippen LogP contribution in [0.5, 0.6) is 11.6 Å². The number of hydrogen-bond acceptors (Lipinski definition) is 6. The van der Waals surface area contributed by atoms with Crippen LogP contribution < -0.4 is 9.47 Å².